The summed E-state index contributed by atoms with van der Waals surface area (Å²) >= 11 is 0. The van der Waals surface area contributed by atoms with E-state index in [-0.39, 0.29) is 23.2 Å². The molecule has 0 aliphatic carbocycles. The molecule has 3 N–H and O–H groups in total. The zero-order chi connectivity index (χ0) is 20.1. The Kier molecular flexibility index (Phi) is 12.0. The molecule has 0 amide bonds. The highest BCUT2D eigenvalue weighted by Crippen LogP contribution is 2.43. The number of benzene rings is 1. The number of hydrogen-bond acceptors (Lipinski definition) is 3. The van der Waals surface area contributed by atoms with Crippen molar-refractivity contribution < 1.29 is 15.3 Å². The lowest BCUT2D eigenvalue weighted by Crippen LogP contribution is -1.95. The van der Waals surface area contributed by atoms with Crippen LogP contribution in [0.1, 0.15) is 121 Å². The second kappa shape index (κ2) is 13.7. The van der Waals surface area contributed by atoms with E-state index in [1.807, 2.05) is 19.9 Å². The summed E-state index contributed by atoms with van der Waals surface area (Å²) in [4.78, 5) is 0. The first-order valence-electron chi connectivity index (χ1n) is 11.3. The van der Waals surface area contributed by atoms with Crippen LogP contribution >= 0.6 is 0 Å². The number of unbranched alkanes of at least 4 members (excludes halogenated alkanes) is 12. The molecule has 0 bridgehead atoms. The molecular weight excluding hydrogens is 336 g/mol. The van der Waals surface area contributed by atoms with Gasteiger partial charge in [-0.05, 0) is 30.4 Å². The lowest BCUT2D eigenvalue weighted by atomic mass is 9.95. The van der Waals surface area contributed by atoms with Crippen LogP contribution in [-0.4, -0.2) is 15.3 Å². The standard InChI is InChI=1S/C24H42O3/c1-4-5-6-7-8-9-10-11-12-13-14-15-16-17-20-18-21(19(2)3)23(26)24(27)22(20)25/h18-19,25-27H,4-17H2,1-3H3. The Bertz CT molecular complexity index is 523. The number of phenolic OH excluding ortho intramolecular Hbond substituents is 3. The Balaban J connectivity index is 2.13. The van der Waals surface area contributed by atoms with E-state index in [0.717, 1.165) is 24.8 Å². The molecule has 0 aliphatic heterocycles. The number of aromatic hydroxyl groups is 3. The molecule has 1 aromatic rings. The third kappa shape index (κ3) is 8.90. The van der Waals surface area contributed by atoms with Crippen molar-refractivity contribution in [1.29, 1.82) is 0 Å². The first-order valence-corrected chi connectivity index (χ1v) is 11.3. The fourth-order valence-electron chi connectivity index (χ4n) is 3.69. The van der Waals surface area contributed by atoms with Gasteiger partial charge in [-0.2, -0.15) is 0 Å². The maximum atomic E-state index is 10.1. The van der Waals surface area contributed by atoms with Gasteiger partial charge in [-0.25, -0.2) is 0 Å². The predicted octanol–water partition coefficient (Wildman–Crippen LogP) is 7.56. The summed E-state index contributed by atoms with van der Waals surface area (Å²) < 4.78 is 0. The average molecular weight is 379 g/mol. The van der Waals surface area contributed by atoms with Gasteiger partial charge in [-0.15, -0.1) is 0 Å². The molecule has 3 heteroatoms. The molecule has 156 valence electrons. The van der Waals surface area contributed by atoms with Crippen molar-refractivity contribution in [2.45, 2.75) is 117 Å². The maximum absolute atomic E-state index is 10.1. The van der Waals surface area contributed by atoms with Crippen molar-refractivity contribution in [3.05, 3.63) is 17.2 Å². The molecule has 0 atom stereocenters. The minimum Gasteiger partial charge on any atom is -0.504 e. The van der Waals surface area contributed by atoms with E-state index in [1.54, 1.807) is 0 Å². The van der Waals surface area contributed by atoms with Gasteiger partial charge in [0.25, 0.3) is 0 Å². The van der Waals surface area contributed by atoms with E-state index in [1.165, 1.54) is 70.6 Å². The van der Waals surface area contributed by atoms with Crippen molar-refractivity contribution in [2.75, 3.05) is 0 Å². The summed E-state index contributed by atoms with van der Waals surface area (Å²) in [5, 5.41) is 29.9. The van der Waals surface area contributed by atoms with Gasteiger partial charge in [0, 0.05) is 5.56 Å². The van der Waals surface area contributed by atoms with Gasteiger partial charge < -0.3 is 15.3 Å². The molecule has 0 spiro atoms. The monoisotopic (exact) mass is 378 g/mol. The Morgan fingerprint density at radius 2 is 1.07 bits per heavy atom. The highest BCUT2D eigenvalue weighted by atomic mass is 16.3. The Morgan fingerprint density at radius 3 is 1.52 bits per heavy atom. The topological polar surface area (TPSA) is 60.7 Å². The summed E-state index contributed by atoms with van der Waals surface area (Å²) in [6, 6.07) is 1.84. The Morgan fingerprint density at radius 1 is 0.630 bits per heavy atom. The fraction of sp³-hybridized carbons (Fsp3) is 0.750. The number of hydrogen-bond donors (Lipinski definition) is 3. The third-order valence-electron chi connectivity index (χ3n) is 5.53. The van der Waals surface area contributed by atoms with Gasteiger partial charge in [0.05, 0.1) is 0 Å². The highest BCUT2D eigenvalue weighted by molar-refractivity contribution is 5.58. The van der Waals surface area contributed by atoms with Crippen LogP contribution in [0.2, 0.25) is 0 Å². The summed E-state index contributed by atoms with van der Waals surface area (Å²) in [7, 11) is 0. The number of rotatable bonds is 15. The maximum Gasteiger partial charge on any atom is 0.200 e. The van der Waals surface area contributed by atoms with Gasteiger partial charge >= 0.3 is 0 Å². The van der Waals surface area contributed by atoms with Gasteiger partial charge in [-0.1, -0.05) is 97.8 Å². The van der Waals surface area contributed by atoms with Crippen LogP contribution in [0.4, 0.5) is 0 Å². The molecule has 0 saturated heterocycles. The van der Waals surface area contributed by atoms with Crippen molar-refractivity contribution in [1.82, 2.24) is 0 Å². The predicted molar refractivity (Wildman–Crippen MR) is 115 cm³/mol. The molecule has 3 nitrogen and oxygen atoms in total. The molecular formula is C24H42O3. The minimum atomic E-state index is -0.370. The largest absolute Gasteiger partial charge is 0.504 e. The number of phenols is 3. The van der Waals surface area contributed by atoms with Crippen molar-refractivity contribution in [3.8, 4) is 17.2 Å². The van der Waals surface area contributed by atoms with Crippen LogP contribution < -0.4 is 0 Å². The van der Waals surface area contributed by atoms with Crippen molar-refractivity contribution in [2.24, 2.45) is 0 Å². The highest BCUT2D eigenvalue weighted by Gasteiger charge is 2.18. The Labute approximate surface area is 166 Å². The van der Waals surface area contributed by atoms with E-state index < -0.39 is 0 Å². The van der Waals surface area contributed by atoms with Crippen molar-refractivity contribution in [3.63, 3.8) is 0 Å². The zero-order valence-electron chi connectivity index (χ0n) is 17.9. The van der Waals surface area contributed by atoms with Gasteiger partial charge in [0.15, 0.2) is 11.5 Å². The zero-order valence-corrected chi connectivity index (χ0v) is 17.9. The lowest BCUT2D eigenvalue weighted by Gasteiger charge is -2.14. The van der Waals surface area contributed by atoms with E-state index in [0.29, 0.717) is 5.56 Å². The molecule has 0 aromatic heterocycles. The SMILES string of the molecule is CCCCCCCCCCCCCCCc1cc(C(C)C)c(O)c(O)c1O. The molecule has 0 unspecified atom stereocenters. The van der Waals surface area contributed by atoms with E-state index in [9.17, 15) is 15.3 Å². The first kappa shape index (κ1) is 23.7. The average Bonchev–Trinajstić information content (AvgIpc) is 2.65. The van der Waals surface area contributed by atoms with Crippen LogP contribution in [0, 0.1) is 0 Å². The molecule has 0 aliphatic rings. The van der Waals surface area contributed by atoms with Gasteiger partial charge in [0.2, 0.25) is 5.75 Å². The summed E-state index contributed by atoms with van der Waals surface area (Å²) in [6.45, 7) is 6.21. The molecule has 1 aromatic carbocycles. The fourth-order valence-corrected chi connectivity index (χ4v) is 3.69. The van der Waals surface area contributed by atoms with E-state index in [4.69, 9.17) is 0 Å². The first-order chi connectivity index (χ1) is 13.0. The smallest absolute Gasteiger partial charge is 0.200 e. The second-order valence-electron chi connectivity index (χ2n) is 8.32. The normalized spacial score (nSPS) is 11.4. The Hall–Kier alpha value is -1.38. The van der Waals surface area contributed by atoms with E-state index >= 15 is 0 Å². The van der Waals surface area contributed by atoms with Gasteiger partial charge in [-0.3, -0.25) is 0 Å². The lowest BCUT2D eigenvalue weighted by molar-refractivity contribution is 0.360. The van der Waals surface area contributed by atoms with Crippen LogP contribution in [0.3, 0.4) is 0 Å². The minimum absolute atomic E-state index is 0.113. The number of aryl methyl sites for hydroxylation is 1. The van der Waals surface area contributed by atoms with Crippen LogP contribution in [0.15, 0.2) is 6.07 Å². The molecule has 0 saturated carbocycles. The summed E-state index contributed by atoms with van der Waals surface area (Å²) in [6.07, 6.45) is 17.8. The van der Waals surface area contributed by atoms with Gasteiger partial charge in [0.1, 0.15) is 0 Å². The summed E-state index contributed by atoms with van der Waals surface area (Å²) in [5.74, 6) is -0.597. The van der Waals surface area contributed by atoms with E-state index in [2.05, 4.69) is 6.92 Å². The van der Waals surface area contributed by atoms with Crippen LogP contribution in [0.5, 0.6) is 17.2 Å². The summed E-state index contributed by atoms with van der Waals surface area (Å²) in [5.41, 5.74) is 1.45. The molecule has 0 heterocycles. The molecule has 0 radical (unpaired) electrons. The molecule has 1 rings (SSSR count). The quantitative estimate of drug-likeness (QED) is 0.218. The van der Waals surface area contributed by atoms with Crippen LogP contribution in [0.25, 0.3) is 0 Å². The van der Waals surface area contributed by atoms with Crippen molar-refractivity contribution >= 4 is 0 Å². The third-order valence-corrected chi connectivity index (χ3v) is 5.53. The molecule has 27 heavy (non-hydrogen) atoms. The molecule has 0 fully saturated rings. The van der Waals surface area contributed by atoms with Crippen LogP contribution in [-0.2, 0) is 6.42 Å². The second-order valence-corrected chi connectivity index (χ2v) is 8.32.